The number of nitrogens with zero attached hydrogens (tertiary/aromatic N) is 1. The summed E-state index contributed by atoms with van der Waals surface area (Å²) >= 11 is 0. The molecule has 2 unspecified atom stereocenters. The summed E-state index contributed by atoms with van der Waals surface area (Å²) in [6.45, 7) is 3.65. The summed E-state index contributed by atoms with van der Waals surface area (Å²) < 4.78 is 26.6. The van der Waals surface area contributed by atoms with Gasteiger partial charge in [-0.05, 0) is 31.9 Å². The summed E-state index contributed by atoms with van der Waals surface area (Å²) in [7, 11) is 0. The molecule has 1 saturated heterocycles. The van der Waals surface area contributed by atoms with Crippen molar-refractivity contribution in [2.45, 2.75) is 44.8 Å². The molecule has 1 aliphatic heterocycles. The van der Waals surface area contributed by atoms with E-state index in [4.69, 9.17) is 0 Å². The highest BCUT2D eigenvalue weighted by molar-refractivity contribution is 5.76. The highest BCUT2D eigenvalue weighted by Crippen LogP contribution is 2.21. The molecule has 23 heavy (non-hydrogen) atoms. The smallest absolute Gasteiger partial charge is 0.220 e. The van der Waals surface area contributed by atoms with Crippen LogP contribution in [0.25, 0.3) is 0 Å². The number of benzene rings is 1. The number of amides is 1. The Kier molecular flexibility index (Phi) is 6.47. The van der Waals surface area contributed by atoms with Crippen molar-refractivity contribution in [2.24, 2.45) is 0 Å². The third kappa shape index (κ3) is 5.25. The Morgan fingerprint density at radius 1 is 1.48 bits per heavy atom. The van der Waals surface area contributed by atoms with Gasteiger partial charge < -0.3 is 10.4 Å². The number of hydrogen-bond acceptors (Lipinski definition) is 3. The molecule has 0 spiro atoms. The minimum Gasteiger partial charge on any atom is -0.387 e. The number of halogens is 2. The minimum atomic E-state index is -1.01. The van der Waals surface area contributed by atoms with E-state index in [9.17, 15) is 18.7 Å². The van der Waals surface area contributed by atoms with Gasteiger partial charge in [0.15, 0.2) is 0 Å². The van der Waals surface area contributed by atoms with Crippen LogP contribution in [0.4, 0.5) is 8.78 Å². The Balaban J connectivity index is 1.90. The number of aliphatic hydroxyl groups is 1. The van der Waals surface area contributed by atoms with Crippen molar-refractivity contribution in [3.05, 3.63) is 35.4 Å². The molecule has 1 aliphatic rings. The molecular formula is C17H24F2N2O2. The molecule has 6 heteroatoms. The van der Waals surface area contributed by atoms with Gasteiger partial charge in [0.25, 0.3) is 0 Å². The maximum atomic E-state index is 13.7. The fourth-order valence-corrected chi connectivity index (χ4v) is 2.98. The van der Waals surface area contributed by atoms with E-state index in [1.807, 2.05) is 11.8 Å². The molecule has 1 amide bonds. The number of likely N-dealkylation sites (tertiary alicyclic amines) is 1. The average molecular weight is 326 g/mol. The summed E-state index contributed by atoms with van der Waals surface area (Å²) in [5.41, 5.74) is 0.101. The number of carbonyl (C=O) groups excluding carboxylic acids is 1. The maximum Gasteiger partial charge on any atom is 0.220 e. The highest BCUT2D eigenvalue weighted by atomic mass is 19.1. The van der Waals surface area contributed by atoms with Crippen LogP contribution in [0.15, 0.2) is 18.2 Å². The van der Waals surface area contributed by atoms with Gasteiger partial charge in [0, 0.05) is 37.2 Å². The normalized spacial score (nSPS) is 20.3. The van der Waals surface area contributed by atoms with E-state index < -0.39 is 17.7 Å². The van der Waals surface area contributed by atoms with Crippen molar-refractivity contribution in [3.8, 4) is 0 Å². The molecule has 1 aromatic carbocycles. The first-order valence-electron chi connectivity index (χ1n) is 8.14. The van der Waals surface area contributed by atoms with Crippen LogP contribution in [0, 0.1) is 11.6 Å². The predicted octanol–water partition coefficient (Wildman–Crippen LogP) is 2.38. The lowest BCUT2D eigenvalue weighted by atomic mass is 10.0. The second kappa shape index (κ2) is 8.36. The summed E-state index contributed by atoms with van der Waals surface area (Å²) in [4.78, 5) is 13.7. The van der Waals surface area contributed by atoms with Gasteiger partial charge in [-0.25, -0.2) is 8.78 Å². The largest absolute Gasteiger partial charge is 0.387 e. The number of carbonyl (C=O) groups is 1. The van der Waals surface area contributed by atoms with Crippen LogP contribution in [-0.2, 0) is 4.79 Å². The van der Waals surface area contributed by atoms with Crippen LogP contribution in [0.3, 0.4) is 0 Å². The number of hydrogen-bond donors (Lipinski definition) is 2. The van der Waals surface area contributed by atoms with E-state index in [1.165, 1.54) is 6.07 Å². The number of β-amino-alcohol motifs (C(OH)–C–C–N with tert-alkyl or cyclic N) is 1. The Morgan fingerprint density at radius 3 is 2.96 bits per heavy atom. The lowest BCUT2D eigenvalue weighted by molar-refractivity contribution is -0.122. The Morgan fingerprint density at radius 2 is 2.26 bits per heavy atom. The van der Waals surface area contributed by atoms with Gasteiger partial charge in [-0.15, -0.1) is 0 Å². The average Bonchev–Trinajstić information content (AvgIpc) is 2.47. The fourth-order valence-electron chi connectivity index (χ4n) is 2.98. The van der Waals surface area contributed by atoms with Crippen molar-refractivity contribution >= 4 is 5.91 Å². The lowest BCUT2D eigenvalue weighted by Crippen LogP contribution is -2.48. The molecular weight excluding hydrogens is 302 g/mol. The standard InChI is InChI=1S/C17H24F2N2O2/c1-2-4-17(23)20-13-5-3-8-21(10-13)11-16(22)14-7-6-12(18)9-15(14)19/h6-7,9,13,16,22H,2-5,8,10-11H2,1H3,(H,20,23). The van der Waals surface area contributed by atoms with E-state index in [2.05, 4.69) is 5.32 Å². The van der Waals surface area contributed by atoms with E-state index in [-0.39, 0.29) is 24.1 Å². The summed E-state index contributed by atoms with van der Waals surface area (Å²) in [6, 6.07) is 3.27. The zero-order chi connectivity index (χ0) is 16.8. The molecule has 4 nitrogen and oxygen atoms in total. The second-order valence-electron chi connectivity index (χ2n) is 6.10. The number of aliphatic hydroxyl groups excluding tert-OH is 1. The zero-order valence-corrected chi connectivity index (χ0v) is 13.4. The highest BCUT2D eigenvalue weighted by Gasteiger charge is 2.24. The lowest BCUT2D eigenvalue weighted by Gasteiger charge is -2.34. The summed E-state index contributed by atoms with van der Waals surface area (Å²) in [5, 5.41) is 13.2. The van der Waals surface area contributed by atoms with Crippen LogP contribution in [0.1, 0.15) is 44.3 Å². The van der Waals surface area contributed by atoms with Crippen LogP contribution in [0.2, 0.25) is 0 Å². The number of nitrogens with one attached hydrogen (secondary N) is 1. The van der Waals surface area contributed by atoms with Crippen molar-refractivity contribution in [1.82, 2.24) is 10.2 Å². The van der Waals surface area contributed by atoms with Crippen LogP contribution in [0.5, 0.6) is 0 Å². The molecule has 0 bridgehead atoms. The third-order valence-electron chi connectivity index (χ3n) is 4.10. The first-order valence-corrected chi connectivity index (χ1v) is 8.14. The van der Waals surface area contributed by atoms with Crippen molar-refractivity contribution in [2.75, 3.05) is 19.6 Å². The zero-order valence-electron chi connectivity index (χ0n) is 13.4. The van der Waals surface area contributed by atoms with Gasteiger partial charge >= 0.3 is 0 Å². The van der Waals surface area contributed by atoms with Gasteiger partial charge in [0.05, 0.1) is 6.10 Å². The molecule has 2 atom stereocenters. The monoisotopic (exact) mass is 326 g/mol. The predicted molar refractivity (Wildman–Crippen MR) is 83.8 cm³/mol. The van der Waals surface area contributed by atoms with Crippen LogP contribution in [-0.4, -0.2) is 41.6 Å². The molecule has 128 valence electrons. The maximum absolute atomic E-state index is 13.7. The van der Waals surface area contributed by atoms with E-state index >= 15 is 0 Å². The molecule has 1 heterocycles. The van der Waals surface area contributed by atoms with Crippen molar-refractivity contribution in [3.63, 3.8) is 0 Å². The first-order chi connectivity index (χ1) is 11.0. The molecule has 0 aromatic heterocycles. The van der Waals surface area contributed by atoms with E-state index in [1.54, 1.807) is 0 Å². The van der Waals surface area contributed by atoms with Gasteiger partial charge in [-0.3, -0.25) is 9.69 Å². The quantitative estimate of drug-likeness (QED) is 0.844. The Labute approximate surface area is 135 Å². The molecule has 0 saturated carbocycles. The van der Waals surface area contributed by atoms with Gasteiger partial charge in [-0.1, -0.05) is 13.0 Å². The molecule has 2 N–H and O–H groups in total. The fraction of sp³-hybridized carbons (Fsp3) is 0.588. The van der Waals surface area contributed by atoms with Crippen LogP contribution >= 0.6 is 0 Å². The van der Waals surface area contributed by atoms with E-state index in [0.717, 1.165) is 37.9 Å². The van der Waals surface area contributed by atoms with Gasteiger partial charge in [0.1, 0.15) is 11.6 Å². The SMILES string of the molecule is CCCC(=O)NC1CCCN(CC(O)c2ccc(F)cc2F)C1. The van der Waals surface area contributed by atoms with Crippen molar-refractivity contribution < 1.29 is 18.7 Å². The second-order valence-corrected chi connectivity index (χ2v) is 6.10. The number of rotatable bonds is 6. The Hall–Kier alpha value is -1.53. The first kappa shape index (κ1) is 17.8. The van der Waals surface area contributed by atoms with Crippen LogP contribution < -0.4 is 5.32 Å². The summed E-state index contributed by atoms with van der Waals surface area (Å²) in [6.07, 6.45) is 2.13. The molecule has 0 radical (unpaired) electrons. The van der Waals surface area contributed by atoms with Crippen molar-refractivity contribution in [1.29, 1.82) is 0 Å². The minimum absolute atomic E-state index is 0.0458. The van der Waals surface area contributed by atoms with Gasteiger partial charge in [-0.2, -0.15) is 0 Å². The number of piperidine rings is 1. The molecule has 2 rings (SSSR count). The third-order valence-corrected chi connectivity index (χ3v) is 4.10. The van der Waals surface area contributed by atoms with Gasteiger partial charge in [0.2, 0.25) is 5.91 Å². The molecule has 1 fully saturated rings. The topological polar surface area (TPSA) is 52.6 Å². The molecule has 1 aromatic rings. The Bertz CT molecular complexity index is 539. The summed E-state index contributed by atoms with van der Waals surface area (Å²) in [5.74, 6) is -1.35. The molecule has 0 aliphatic carbocycles. The van der Waals surface area contributed by atoms with E-state index in [0.29, 0.717) is 13.0 Å².